The van der Waals surface area contributed by atoms with Crippen LogP contribution in [-0.2, 0) is 29.2 Å². The van der Waals surface area contributed by atoms with Gasteiger partial charge in [-0.05, 0) is 36.0 Å². The molecule has 3 aromatic rings. The minimum atomic E-state index is -3.85. The normalized spacial score (nSPS) is 13.9. The zero-order chi connectivity index (χ0) is 25.0. The summed E-state index contributed by atoms with van der Waals surface area (Å²) in [6.45, 7) is 5.90. The third-order valence-corrected chi connectivity index (χ3v) is 6.03. The maximum absolute atomic E-state index is 12.5. The summed E-state index contributed by atoms with van der Waals surface area (Å²) in [5, 5.41) is 18.5. The lowest BCUT2D eigenvalue weighted by Crippen LogP contribution is -2.28. The van der Waals surface area contributed by atoms with Crippen molar-refractivity contribution in [2.75, 3.05) is 11.9 Å². The van der Waals surface area contributed by atoms with Crippen molar-refractivity contribution in [3.8, 4) is 0 Å². The quantitative estimate of drug-likeness (QED) is 0.377. The molecule has 3 rings (SSSR count). The zero-order valence-corrected chi connectivity index (χ0v) is 20.6. The highest BCUT2D eigenvalue weighted by Gasteiger charge is 2.18. The van der Waals surface area contributed by atoms with E-state index < -0.39 is 15.8 Å². The molecule has 34 heavy (non-hydrogen) atoms. The van der Waals surface area contributed by atoms with Crippen LogP contribution < -0.4 is 16.0 Å². The fourth-order valence-corrected chi connectivity index (χ4v) is 4.22. The average molecular weight is 490 g/mol. The van der Waals surface area contributed by atoms with E-state index in [4.69, 9.17) is 5.14 Å². The van der Waals surface area contributed by atoms with Crippen LogP contribution in [-0.4, -0.2) is 50.7 Å². The summed E-state index contributed by atoms with van der Waals surface area (Å²) in [4.78, 5) is 29.7. The van der Waals surface area contributed by atoms with Crippen LogP contribution in [0.1, 0.15) is 50.3 Å². The van der Waals surface area contributed by atoms with Crippen molar-refractivity contribution in [3.05, 3.63) is 52.1 Å². The predicted molar refractivity (Wildman–Crippen MR) is 130 cm³/mol. The molecule has 0 aliphatic heterocycles. The third-order valence-electron chi connectivity index (χ3n) is 5.37. The van der Waals surface area contributed by atoms with Gasteiger partial charge in [0.05, 0.1) is 29.9 Å². The largest absolute Gasteiger partial charge is 0.394 e. The van der Waals surface area contributed by atoms with Gasteiger partial charge in [-0.1, -0.05) is 26.8 Å². The van der Waals surface area contributed by atoms with Crippen molar-refractivity contribution in [1.29, 1.82) is 0 Å². The molecule has 0 amide bonds. The van der Waals surface area contributed by atoms with Gasteiger partial charge in [-0.3, -0.25) is 4.79 Å². The van der Waals surface area contributed by atoms with Crippen molar-refractivity contribution >= 4 is 26.9 Å². The molecule has 184 valence electrons. The molecule has 0 aliphatic rings. The van der Waals surface area contributed by atoms with Crippen LogP contribution in [0, 0.1) is 5.92 Å². The second-order valence-electron chi connectivity index (χ2n) is 8.99. The van der Waals surface area contributed by atoms with E-state index in [9.17, 15) is 18.3 Å². The Morgan fingerprint density at radius 3 is 2.50 bits per heavy atom. The molecule has 0 fully saturated rings. The Kier molecular flexibility index (Phi) is 7.95. The Morgan fingerprint density at radius 2 is 1.85 bits per heavy atom. The van der Waals surface area contributed by atoms with Crippen molar-refractivity contribution in [1.82, 2.24) is 24.5 Å². The third kappa shape index (κ3) is 6.78. The number of hydrogen-bond acceptors (Lipinski definition) is 9. The number of aryl methyl sites for hydroxylation is 1. The number of nitrogens with one attached hydrogen (secondary N) is 1. The second kappa shape index (κ2) is 10.5. The first-order valence-corrected chi connectivity index (χ1v) is 12.7. The van der Waals surface area contributed by atoms with Crippen molar-refractivity contribution in [2.24, 2.45) is 18.1 Å². The molecule has 0 bridgehead atoms. The molecule has 0 aliphatic carbocycles. The van der Waals surface area contributed by atoms with E-state index in [1.54, 1.807) is 13.1 Å². The van der Waals surface area contributed by atoms with Crippen molar-refractivity contribution in [2.45, 2.75) is 51.3 Å². The molecule has 11 nitrogen and oxygen atoms in total. The number of nitrogens with two attached hydrogens (primary N) is 1. The predicted octanol–water partition coefficient (Wildman–Crippen LogP) is 1.07. The SMILES string of the molecule is CC(C)C[C@H](CO)Nc1nc(CC(C)c2ccc3ncn(C)c(=O)c3c2)nc(CS(N)(=O)=O)n1. The number of anilines is 1. The smallest absolute Gasteiger partial charge is 0.260 e. The van der Waals surface area contributed by atoms with E-state index in [0.29, 0.717) is 35.5 Å². The van der Waals surface area contributed by atoms with Gasteiger partial charge >= 0.3 is 0 Å². The number of aliphatic hydroxyl groups is 1. The number of rotatable bonds is 10. The molecule has 1 aromatic carbocycles. The number of aliphatic hydroxyl groups excluding tert-OH is 1. The van der Waals surface area contributed by atoms with Gasteiger partial charge < -0.3 is 15.0 Å². The number of benzene rings is 1. The van der Waals surface area contributed by atoms with E-state index in [2.05, 4.69) is 25.3 Å². The molecule has 0 spiro atoms. The van der Waals surface area contributed by atoms with E-state index in [1.807, 2.05) is 32.9 Å². The number of nitrogens with zero attached hydrogens (tertiary/aromatic N) is 5. The molecule has 0 saturated heterocycles. The molecule has 2 aromatic heterocycles. The summed E-state index contributed by atoms with van der Waals surface area (Å²) >= 11 is 0. The summed E-state index contributed by atoms with van der Waals surface area (Å²) in [6.07, 6.45) is 2.53. The molecule has 4 N–H and O–H groups in total. The van der Waals surface area contributed by atoms with Crippen LogP contribution in [0.2, 0.25) is 0 Å². The highest BCUT2D eigenvalue weighted by molar-refractivity contribution is 7.88. The number of sulfonamides is 1. The number of aromatic nitrogens is 5. The van der Waals surface area contributed by atoms with Crippen molar-refractivity contribution in [3.63, 3.8) is 0 Å². The van der Waals surface area contributed by atoms with Gasteiger partial charge in [-0.2, -0.15) is 9.97 Å². The van der Waals surface area contributed by atoms with Crippen LogP contribution in [0.15, 0.2) is 29.3 Å². The highest BCUT2D eigenvalue weighted by atomic mass is 32.2. The zero-order valence-electron chi connectivity index (χ0n) is 19.8. The van der Waals surface area contributed by atoms with Crippen LogP contribution in [0.5, 0.6) is 0 Å². The molecule has 0 saturated carbocycles. The molecular formula is C22H31N7O4S. The van der Waals surface area contributed by atoms with Gasteiger partial charge in [0.25, 0.3) is 5.56 Å². The lowest BCUT2D eigenvalue weighted by Gasteiger charge is -2.19. The fourth-order valence-electron chi connectivity index (χ4n) is 3.73. The topological polar surface area (TPSA) is 166 Å². The van der Waals surface area contributed by atoms with E-state index >= 15 is 0 Å². The van der Waals surface area contributed by atoms with Crippen LogP contribution in [0.3, 0.4) is 0 Å². The summed E-state index contributed by atoms with van der Waals surface area (Å²) < 4.78 is 24.7. The Labute approximate surface area is 198 Å². The van der Waals surface area contributed by atoms with E-state index in [1.165, 1.54) is 10.9 Å². The minimum absolute atomic E-state index is 0.0278. The number of hydrogen-bond donors (Lipinski definition) is 3. The summed E-state index contributed by atoms with van der Waals surface area (Å²) in [6, 6.07) is 5.22. The van der Waals surface area contributed by atoms with E-state index in [-0.39, 0.29) is 35.9 Å². The maximum atomic E-state index is 12.5. The molecule has 1 unspecified atom stereocenters. The monoisotopic (exact) mass is 489 g/mol. The lowest BCUT2D eigenvalue weighted by atomic mass is 9.96. The summed E-state index contributed by atoms with van der Waals surface area (Å²) in [5.74, 6) is 0.300. The molecule has 0 radical (unpaired) electrons. The lowest BCUT2D eigenvalue weighted by molar-refractivity contribution is 0.259. The Morgan fingerprint density at radius 1 is 1.15 bits per heavy atom. The highest BCUT2D eigenvalue weighted by Crippen LogP contribution is 2.22. The summed E-state index contributed by atoms with van der Waals surface area (Å²) in [7, 11) is -2.20. The van der Waals surface area contributed by atoms with Crippen LogP contribution in [0.4, 0.5) is 5.95 Å². The number of fused-ring (bicyclic) bond motifs is 1. The molecular weight excluding hydrogens is 458 g/mol. The van der Waals surface area contributed by atoms with Gasteiger partial charge in [0.2, 0.25) is 16.0 Å². The first-order valence-electron chi connectivity index (χ1n) is 11.0. The number of primary sulfonamides is 1. The first-order chi connectivity index (χ1) is 15.9. The average Bonchev–Trinajstić information content (AvgIpc) is 2.74. The minimum Gasteiger partial charge on any atom is -0.394 e. The van der Waals surface area contributed by atoms with E-state index in [0.717, 1.165) is 5.56 Å². The van der Waals surface area contributed by atoms with Gasteiger partial charge in [-0.25, -0.2) is 23.5 Å². The van der Waals surface area contributed by atoms with Gasteiger partial charge in [0.15, 0.2) is 5.82 Å². The van der Waals surface area contributed by atoms with Crippen LogP contribution in [0.25, 0.3) is 10.9 Å². The van der Waals surface area contributed by atoms with Gasteiger partial charge in [0, 0.05) is 13.5 Å². The fraction of sp³-hybridized carbons (Fsp3) is 0.500. The van der Waals surface area contributed by atoms with Gasteiger partial charge in [-0.15, -0.1) is 0 Å². The van der Waals surface area contributed by atoms with Crippen molar-refractivity contribution < 1.29 is 13.5 Å². The van der Waals surface area contributed by atoms with Gasteiger partial charge in [0.1, 0.15) is 11.6 Å². The first kappa shape index (κ1) is 25.7. The maximum Gasteiger partial charge on any atom is 0.260 e. The van der Waals surface area contributed by atoms with Crippen LogP contribution >= 0.6 is 0 Å². The summed E-state index contributed by atoms with van der Waals surface area (Å²) in [5.41, 5.74) is 1.37. The Bertz CT molecular complexity index is 1320. The Hall–Kier alpha value is -2.96. The Balaban J connectivity index is 1.92. The second-order valence-corrected chi connectivity index (χ2v) is 10.6. The molecule has 2 heterocycles. The molecule has 2 atom stereocenters. The standard InChI is InChI=1S/C22H31N7O4S/c1-13(2)7-16(10-30)25-22-27-19(26-20(28-22)11-34(23,32)33)8-14(3)15-5-6-18-17(9-15)21(31)29(4)12-24-18/h5-6,9,12-14,16,30H,7-8,10-11H2,1-4H3,(H2,23,32,33)(H,25,26,27,28)/t14?,16-/m1/s1. The molecule has 12 heteroatoms.